The van der Waals surface area contributed by atoms with E-state index in [1.54, 1.807) is 42.8 Å². The van der Waals surface area contributed by atoms with Crippen LogP contribution >= 0.6 is 0 Å². The van der Waals surface area contributed by atoms with Gasteiger partial charge in [-0.3, -0.25) is 14.8 Å². The van der Waals surface area contributed by atoms with Gasteiger partial charge in [-0.2, -0.15) is 0 Å². The van der Waals surface area contributed by atoms with Crippen molar-refractivity contribution in [3.63, 3.8) is 0 Å². The molecular formula is C16H17N3O3. The van der Waals surface area contributed by atoms with Gasteiger partial charge >= 0.3 is 0 Å². The lowest BCUT2D eigenvalue weighted by molar-refractivity contribution is -0.146. The zero-order chi connectivity index (χ0) is 15.4. The number of carbonyl (C=O) groups excluding carboxylic acids is 1. The summed E-state index contributed by atoms with van der Waals surface area (Å²) in [5.74, 6) is 1.42. The zero-order valence-electron chi connectivity index (χ0n) is 12.3. The minimum atomic E-state index is -0.194. The summed E-state index contributed by atoms with van der Waals surface area (Å²) >= 11 is 0. The summed E-state index contributed by atoms with van der Waals surface area (Å²) in [6, 6.07) is 1.61. The molecule has 1 aromatic heterocycles. The van der Waals surface area contributed by atoms with E-state index in [1.165, 1.54) is 0 Å². The largest absolute Gasteiger partial charge is 0.461 e. The second-order valence-electron chi connectivity index (χ2n) is 5.06. The maximum absolute atomic E-state index is 11.8. The maximum atomic E-state index is 11.8. The summed E-state index contributed by atoms with van der Waals surface area (Å²) in [7, 11) is 1.77. The fourth-order valence-electron chi connectivity index (χ4n) is 2.37. The Kier molecular flexibility index (Phi) is 4.29. The first kappa shape index (κ1) is 14.5. The van der Waals surface area contributed by atoms with Gasteiger partial charge in [0.2, 0.25) is 5.91 Å². The van der Waals surface area contributed by atoms with E-state index in [0.29, 0.717) is 18.8 Å². The molecule has 0 aromatic carbocycles. The van der Waals surface area contributed by atoms with Crippen LogP contribution in [0.3, 0.4) is 0 Å². The van der Waals surface area contributed by atoms with E-state index in [1.807, 2.05) is 12.2 Å². The standard InChI is InChI=1S/C16H17N3O3/c1-19-14(10-21-11-16(19)20)13-9-18-8-5-15(13)22-12-3-2-6-17-7-4-12/h2-3,5-9,14H,4,10-11H2,1H3. The van der Waals surface area contributed by atoms with Gasteiger partial charge in [-0.1, -0.05) is 0 Å². The third-order valence-electron chi connectivity index (χ3n) is 3.62. The number of carbonyl (C=O) groups is 1. The number of allylic oxidation sites excluding steroid dienone is 3. The lowest BCUT2D eigenvalue weighted by Crippen LogP contribution is -2.41. The first-order chi connectivity index (χ1) is 10.8. The molecule has 0 radical (unpaired) electrons. The molecule has 0 saturated carbocycles. The van der Waals surface area contributed by atoms with Crippen molar-refractivity contribution in [2.45, 2.75) is 12.5 Å². The smallest absolute Gasteiger partial charge is 0.248 e. The topological polar surface area (TPSA) is 64.0 Å². The second-order valence-corrected chi connectivity index (χ2v) is 5.06. The van der Waals surface area contributed by atoms with Gasteiger partial charge in [-0.15, -0.1) is 0 Å². The maximum Gasteiger partial charge on any atom is 0.248 e. The molecule has 1 unspecified atom stereocenters. The van der Waals surface area contributed by atoms with Crippen LogP contribution in [0, 0.1) is 0 Å². The SMILES string of the molecule is CN1C(=O)COCC1c1cnccc1OC1=CC=CN=CC1. The molecule has 6 nitrogen and oxygen atoms in total. The average Bonchev–Trinajstić information content (AvgIpc) is 2.80. The van der Waals surface area contributed by atoms with Gasteiger partial charge in [0.1, 0.15) is 18.1 Å². The zero-order valence-corrected chi connectivity index (χ0v) is 12.3. The van der Waals surface area contributed by atoms with Gasteiger partial charge in [-0.05, 0) is 18.2 Å². The molecule has 22 heavy (non-hydrogen) atoms. The summed E-state index contributed by atoms with van der Waals surface area (Å²) in [5, 5.41) is 0. The van der Waals surface area contributed by atoms with Crippen LogP contribution in [0.4, 0.5) is 0 Å². The molecular weight excluding hydrogens is 282 g/mol. The fraction of sp³-hybridized carbons (Fsp3) is 0.312. The quantitative estimate of drug-likeness (QED) is 0.854. The number of ether oxygens (including phenoxy) is 2. The van der Waals surface area contributed by atoms with E-state index in [4.69, 9.17) is 9.47 Å². The Morgan fingerprint density at radius 2 is 2.36 bits per heavy atom. The highest BCUT2D eigenvalue weighted by atomic mass is 16.5. The molecule has 3 heterocycles. The molecule has 3 rings (SSSR count). The molecule has 1 saturated heterocycles. The summed E-state index contributed by atoms with van der Waals surface area (Å²) in [4.78, 5) is 21.7. The average molecular weight is 299 g/mol. The van der Waals surface area contributed by atoms with E-state index < -0.39 is 0 Å². The van der Waals surface area contributed by atoms with Gasteiger partial charge in [0.15, 0.2) is 0 Å². The number of aliphatic imine (C=N–C) groups is 1. The second kappa shape index (κ2) is 6.53. The van der Waals surface area contributed by atoms with Gasteiger partial charge < -0.3 is 14.4 Å². The van der Waals surface area contributed by atoms with Gasteiger partial charge in [-0.25, -0.2) is 0 Å². The predicted octanol–water partition coefficient (Wildman–Crippen LogP) is 1.86. The number of pyridine rings is 1. The molecule has 1 fully saturated rings. The molecule has 1 amide bonds. The summed E-state index contributed by atoms with van der Waals surface area (Å²) in [6.45, 7) is 0.556. The van der Waals surface area contributed by atoms with Crippen LogP contribution in [0.5, 0.6) is 5.75 Å². The van der Waals surface area contributed by atoms with E-state index in [0.717, 1.165) is 11.3 Å². The summed E-state index contributed by atoms with van der Waals surface area (Å²) in [5.41, 5.74) is 0.837. The number of hydrogen-bond donors (Lipinski definition) is 0. The molecule has 0 bridgehead atoms. The Morgan fingerprint density at radius 1 is 1.45 bits per heavy atom. The molecule has 6 heteroatoms. The third kappa shape index (κ3) is 3.07. The molecule has 114 valence electrons. The third-order valence-corrected chi connectivity index (χ3v) is 3.62. The lowest BCUT2D eigenvalue weighted by atomic mass is 10.1. The first-order valence-corrected chi connectivity index (χ1v) is 7.08. The van der Waals surface area contributed by atoms with Crippen molar-refractivity contribution in [3.05, 3.63) is 48.1 Å². The van der Waals surface area contributed by atoms with Gasteiger partial charge in [0, 0.05) is 43.8 Å². The van der Waals surface area contributed by atoms with E-state index in [-0.39, 0.29) is 18.6 Å². The van der Waals surface area contributed by atoms with E-state index >= 15 is 0 Å². The highest BCUT2D eigenvalue weighted by Crippen LogP contribution is 2.31. The monoisotopic (exact) mass is 299 g/mol. The van der Waals surface area contributed by atoms with Crippen molar-refractivity contribution in [2.75, 3.05) is 20.3 Å². The van der Waals surface area contributed by atoms with Crippen LogP contribution < -0.4 is 4.74 Å². The number of morpholine rings is 1. The van der Waals surface area contributed by atoms with Crippen LogP contribution in [-0.4, -0.2) is 42.3 Å². The highest BCUT2D eigenvalue weighted by Gasteiger charge is 2.29. The number of likely N-dealkylation sites (N-methyl/N-ethyl adjacent to an activating group) is 1. The Bertz CT molecular complexity index is 652. The van der Waals surface area contributed by atoms with Gasteiger partial charge in [0.05, 0.1) is 12.6 Å². The molecule has 0 aliphatic carbocycles. The minimum Gasteiger partial charge on any atom is -0.461 e. The highest BCUT2D eigenvalue weighted by molar-refractivity contribution is 5.78. The minimum absolute atomic E-state index is 0.0465. The molecule has 2 aliphatic rings. The van der Waals surface area contributed by atoms with Crippen molar-refractivity contribution in [1.82, 2.24) is 9.88 Å². The number of aromatic nitrogens is 1. The van der Waals surface area contributed by atoms with Crippen LogP contribution in [0.2, 0.25) is 0 Å². The predicted molar refractivity (Wildman–Crippen MR) is 81.5 cm³/mol. The summed E-state index contributed by atoms with van der Waals surface area (Å²) in [6.07, 6.45) is 11.2. The van der Waals surface area contributed by atoms with Crippen LogP contribution in [0.1, 0.15) is 18.0 Å². The Labute approximate surface area is 128 Å². The Balaban J connectivity index is 1.86. The van der Waals surface area contributed by atoms with Gasteiger partial charge in [0.25, 0.3) is 0 Å². The molecule has 0 N–H and O–H groups in total. The fourth-order valence-corrected chi connectivity index (χ4v) is 2.37. The van der Waals surface area contributed by atoms with Crippen molar-refractivity contribution in [2.24, 2.45) is 4.99 Å². The number of hydrogen-bond acceptors (Lipinski definition) is 5. The number of nitrogens with zero attached hydrogens (tertiary/aromatic N) is 3. The molecule has 2 aliphatic heterocycles. The van der Waals surface area contributed by atoms with Crippen molar-refractivity contribution in [1.29, 1.82) is 0 Å². The molecule has 1 aromatic rings. The van der Waals surface area contributed by atoms with Crippen LogP contribution in [-0.2, 0) is 9.53 Å². The molecule has 1 atom stereocenters. The van der Waals surface area contributed by atoms with Crippen LogP contribution in [0.25, 0.3) is 0 Å². The Morgan fingerprint density at radius 3 is 3.27 bits per heavy atom. The van der Waals surface area contributed by atoms with Crippen molar-refractivity contribution >= 4 is 12.1 Å². The van der Waals surface area contributed by atoms with E-state index in [2.05, 4.69) is 9.98 Å². The summed E-state index contributed by atoms with van der Waals surface area (Å²) < 4.78 is 11.4. The normalized spacial score (nSPS) is 21.5. The first-order valence-electron chi connectivity index (χ1n) is 7.08. The number of amides is 1. The lowest BCUT2D eigenvalue weighted by Gasteiger charge is -2.33. The Hall–Kier alpha value is -2.47. The number of rotatable bonds is 3. The van der Waals surface area contributed by atoms with E-state index in [9.17, 15) is 4.79 Å². The van der Waals surface area contributed by atoms with Crippen LogP contribution in [0.15, 0.2) is 47.6 Å². The van der Waals surface area contributed by atoms with Crippen molar-refractivity contribution < 1.29 is 14.3 Å². The van der Waals surface area contributed by atoms with Crippen molar-refractivity contribution in [3.8, 4) is 5.75 Å². The molecule has 0 spiro atoms.